The van der Waals surface area contributed by atoms with Gasteiger partial charge in [0.25, 0.3) is 5.56 Å². The number of thioether (sulfide) groups is 1. The van der Waals surface area contributed by atoms with E-state index in [-0.39, 0.29) is 17.2 Å². The minimum Gasteiger partial charge on any atom is -0.382 e. The van der Waals surface area contributed by atoms with Gasteiger partial charge in [0.05, 0.1) is 11.1 Å². The number of thiophene rings is 1. The summed E-state index contributed by atoms with van der Waals surface area (Å²) in [6.45, 7) is 7.64. The molecule has 3 rings (SSSR count). The molecule has 0 aliphatic heterocycles. The zero-order valence-corrected chi connectivity index (χ0v) is 20.9. The fourth-order valence-corrected chi connectivity index (χ4v) is 5.15. The molecule has 9 heteroatoms. The molecule has 7 nitrogen and oxygen atoms in total. The zero-order valence-electron chi connectivity index (χ0n) is 19.2. The summed E-state index contributed by atoms with van der Waals surface area (Å²) in [7, 11) is 3.94. The Morgan fingerprint density at radius 3 is 2.62 bits per heavy atom. The molecule has 0 bridgehead atoms. The standard InChI is InChI=1S/C23H30N4O3S2/c1-6-30-13-7-12-27-22(29)20-15(2)16(3)32-21(20)25-23(27)31-14-19(28)24-17-8-10-18(11-9-17)26(4)5/h8-11H,6-7,12-14H2,1-5H3,(H,24,28). The molecule has 3 aromatic rings. The van der Waals surface area contributed by atoms with E-state index in [1.807, 2.05) is 64.0 Å². The highest BCUT2D eigenvalue weighted by molar-refractivity contribution is 7.99. The normalized spacial score (nSPS) is 11.2. The second-order valence-corrected chi connectivity index (χ2v) is 9.79. The maximum absolute atomic E-state index is 13.2. The number of hydrogen-bond acceptors (Lipinski definition) is 7. The number of nitrogens with one attached hydrogen (secondary N) is 1. The summed E-state index contributed by atoms with van der Waals surface area (Å²) in [6, 6.07) is 7.66. The van der Waals surface area contributed by atoms with Crippen molar-refractivity contribution in [2.75, 3.05) is 43.3 Å². The average molecular weight is 475 g/mol. The van der Waals surface area contributed by atoms with E-state index in [2.05, 4.69) is 5.32 Å². The molecule has 0 saturated carbocycles. The lowest BCUT2D eigenvalue weighted by molar-refractivity contribution is -0.113. The van der Waals surface area contributed by atoms with Crippen LogP contribution in [0.2, 0.25) is 0 Å². The van der Waals surface area contributed by atoms with Gasteiger partial charge >= 0.3 is 0 Å². The molecular weight excluding hydrogens is 444 g/mol. The summed E-state index contributed by atoms with van der Waals surface area (Å²) in [6.07, 6.45) is 0.709. The molecule has 0 aliphatic rings. The van der Waals surface area contributed by atoms with Gasteiger partial charge in [0.1, 0.15) is 4.83 Å². The van der Waals surface area contributed by atoms with Crippen molar-refractivity contribution in [3.05, 3.63) is 45.1 Å². The van der Waals surface area contributed by atoms with Gasteiger partial charge in [-0.25, -0.2) is 4.98 Å². The average Bonchev–Trinajstić information content (AvgIpc) is 3.05. The fourth-order valence-electron chi connectivity index (χ4n) is 3.26. The number of aromatic nitrogens is 2. The Hall–Kier alpha value is -2.36. The molecule has 2 heterocycles. The first kappa shape index (κ1) is 24.3. The highest BCUT2D eigenvalue weighted by Crippen LogP contribution is 2.28. The third-order valence-corrected chi connectivity index (χ3v) is 7.21. The van der Waals surface area contributed by atoms with Crippen molar-refractivity contribution >= 4 is 50.6 Å². The molecule has 0 saturated heterocycles. The van der Waals surface area contributed by atoms with Gasteiger partial charge in [0, 0.05) is 50.1 Å². The maximum Gasteiger partial charge on any atom is 0.263 e. The van der Waals surface area contributed by atoms with Crippen LogP contribution in [0.1, 0.15) is 23.8 Å². The van der Waals surface area contributed by atoms with Crippen molar-refractivity contribution in [2.24, 2.45) is 0 Å². The predicted molar refractivity (Wildman–Crippen MR) is 135 cm³/mol. The number of nitrogens with zero attached hydrogens (tertiary/aromatic N) is 3. The van der Waals surface area contributed by atoms with E-state index in [0.29, 0.717) is 36.7 Å². The van der Waals surface area contributed by atoms with Crippen molar-refractivity contribution in [1.29, 1.82) is 0 Å². The summed E-state index contributed by atoms with van der Waals surface area (Å²) in [4.78, 5) is 34.4. The van der Waals surface area contributed by atoms with E-state index >= 15 is 0 Å². The van der Waals surface area contributed by atoms with Gasteiger partial charge in [0.2, 0.25) is 5.91 Å². The topological polar surface area (TPSA) is 76.5 Å². The van der Waals surface area contributed by atoms with Crippen LogP contribution < -0.4 is 15.8 Å². The van der Waals surface area contributed by atoms with Crippen LogP contribution in [0.5, 0.6) is 0 Å². The minimum absolute atomic E-state index is 0.0458. The van der Waals surface area contributed by atoms with Gasteiger partial charge in [-0.1, -0.05) is 11.8 Å². The Labute approximate surface area is 196 Å². The summed E-state index contributed by atoms with van der Waals surface area (Å²) < 4.78 is 7.12. The van der Waals surface area contributed by atoms with Gasteiger partial charge in [-0.15, -0.1) is 11.3 Å². The smallest absolute Gasteiger partial charge is 0.263 e. The number of carbonyl (C=O) groups excluding carboxylic acids is 1. The first-order chi connectivity index (χ1) is 15.3. The minimum atomic E-state index is -0.138. The molecule has 0 fully saturated rings. The highest BCUT2D eigenvalue weighted by atomic mass is 32.2. The van der Waals surface area contributed by atoms with E-state index in [1.165, 1.54) is 23.1 Å². The van der Waals surface area contributed by atoms with Crippen LogP contribution in [-0.2, 0) is 16.1 Å². The van der Waals surface area contributed by atoms with E-state index in [1.54, 1.807) is 4.57 Å². The van der Waals surface area contributed by atoms with Crippen LogP contribution in [0.4, 0.5) is 11.4 Å². The van der Waals surface area contributed by atoms with Gasteiger partial charge in [0.15, 0.2) is 5.16 Å². The number of amides is 1. The largest absolute Gasteiger partial charge is 0.382 e. The van der Waals surface area contributed by atoms with Crippen LogP contribution in [-0.4, -0.2) is 48.5 Å². The number of hydrogen-bond donors (Lipinski definition) is 1. The van der Waals surface area contributed by atoms with Crippen molar-refractivity contribution in [1.82, 2.24) is 9.55 Å². The van der Waals surface area contributed by atoms with Crippen LogP contribution in [0.3, 0.4) is 0 Å². The Morgan fingerprint density at radius 1 is 1.25 bits per heavy atom. The number of carbonyl (C=O) groups is 1. The molecule has 1 aromatic carbocycles. The maximum atomic E-state index is 13.2. The van der Waals surface area contributed by atoms with Crippen molar-refractivity contribution in [3.8, 4) is 0 Å². The molecule has 32 heavy (non-hydrogen) atoms. The lowest BCUT2D eigenvalue weighted by atomic mass is 10.2. The van der Waals surface area contributed by atoms with Gasteiger partial charge in [-0.3, -0.25) is 14.2 Å². The first-order valence-electron chi connectivity index (χ1n) is 10.6. The third kappa shape index (κ3) is 5.70. The monoisotopic (exact) mass is 474 g/mol. The molecule has 1 N–H and O–H groups in total. The van der Waals surface area contributed by atoms with Gasteiger partial charge < -0.3 is 15.0 Å². The Kier molecular flexibility index (Phi) is 8.33. The molecule has 0 atom stereocenters. The Bertz CT molecular complexity index is 1140. The molecule has 0 radical (unpaired) electrons. The molecular formula is C23H30N4O3S2. The number of fused-ring (bicyclic) bond motifs is 1. The Balaban J connectivity index is 1.77. The van der Waals surface area contributed by atoms with E-state index in [0.717, 1.165) is 26.6 Å². The summed E-state index contributed by atoms with van der Waals surface area (Å²) in [5.74, 6) is 0.0312. The highest BCUT2D eigenvalue weighted by Gasteiger charge is 2.17. The summed E-state index contributed by atoms with van der Waals surface area (Å²) in [5.41, 5.74) is 2.74. The zero-order chi connectivity index (χ0) is 23.3. The van der Waals surface area contributed by atoms with Crippen LogP contribution in [0, 0.1) is 13.8 Å². The summed E-state index contributed by atoms with van der Waals surface area (Å²) in [5, 5.41) is 4.16. The molecule has 0 spiro atoms. The molecule has 0 unspecified atom stereocenters. The molecule has 0 aliphatic carbocycles. The number of rotatable bonds is 10. The second kappa shape index (κ2) is 11.0. The van der Waals surface area contributed by atoms with Crippen molar-refractivity contribution < 1.29 is 9.53 Å². The van der Waals surface area contributed by atoms with E-state index in [4.69, 9.17) is 9.72 Å². The number of benzene rings is 1. The number of aryl methyl sites for hydroxylation is 2. The fraction of sp³-hybridized carbons (Fsp3) is 0.435. The Morgan fingerprint density at radius 2 is 1.97 bits per heavy atom. The number of ether oxygens (including phenoxy) is 1. The van der Waals surface area contributed by atoms with E-state index < -0.39 is 0 Å². The second-order valence-electron chi connectivity index (χ2n) is 7.64. The van der Waals surface area contributed by atoms with Crippen LogP contribution >= 0.6 is 23.1 Å². The van der Waals surface area contributed by atoms with Gasteiger partial charge in [-0.2, -0.15) is 0 Å². The first-order valence-corrected chi connectivity index (χ1v) is 12.4. The van der Waals surface area contributed by atoms with E-state index in [9.17, 15) is 9.59 Å². The van der Waals surface area contributed by atoms with Gasteiger partial charge in [-0.05, 0) is 57.0 Å². The molecule has 2 aromatic heterocycles. The third-order valence-electron chi connectivity index (χ3n) is 5.13. The summed E-state index contributed by atoms with van der Waals surface area (Å²) >= 11 is 2.81. The van der Waals surface area contributed by atoms with Crippen LogP contribution in [0.25, 0.3) is 10.2 Å². The van der Waals surface area contributed by atoms with Crippen molar-refractivity contribution in [3.63, 3.8) is 0 Å². The lowest BCUT2D eigenvalue weighted by Crippen LogP contribution is -2.25. The lowest BCUT2D eigenvalue weighted by Gasteiger charge is -2.14. The van der Waals surface area contributed by atoms with Crippen molar-refractivity contribution in [2.45, 2.75) is 38.9 Å². The quantitative estimate of drug-likeness (QED) is 0.268. The van der Waals surface area contributed by atoms with Crippen LogP contribution in [0.15, 0.2) is 34.2 Å². The number of anilines is 2. The SMILES string of the molecule is CCOCCCn1c(SCC(=O)Nc2ccc(N(C)C)cc2)nc2sc(C)c(C)c2c1=O. The predicted octanol–water partition coefficient (Wildman–Crippen LogP) is 4.30. The molecule has 1 amide bonds. The molecule has 172 valence electrons.